The Morgan fingerprint density at radius 2 is 1.12 bits per heavy atom. The van der Waals surface area contributed by atoms with Gasteiger partial charge in [-0.15, -0.1) is 0 Å². The summed E-state index contributed by atoms with van der Waals surface area (Å²) in [5.74, 6) is -0.0329. The monoisotopic (exact) mass is 469 g/mol. The second-order valence-corrected chi connectivity index (χ2v) is 7.66. The number of halogens is 2. The van der Waals surface area contributed by atoms with E-state index in [1.165, 1.54) is 4.90 Å². The molecule has 0 radical (unpaired) electrons. The smallest absolute Gasteiger partial charge is 0.229 e. The van der Waals surface area contributed by atoms with Crippen molar-refractivity contribution in [2.24, 2.45) is 0 Å². The van der Waals surface area contributed by atoms with Crippen LogP contribution in [0.1, 0.15) is 77.0 Å². The van der Waals surface area contributed by atoms with Gasteiger partial charge in [-0.25, -0.2) is 0 Å². The van der Waals surface area contributed by atoms with Crippen molar-refractivity contribution in [2.45, 2.75) is 77.0 Å². The van der Waals surface area contributed by atoms with E-state index in [9.17, 15) is 9.59 Å². The molecule has 6 heteroatoms. The third-order valence-corrected chi connectivity index (χ3v) is 5.06. The van der Waals surface area contributed by atoms with Gasteiger partial charge in [-0.05, 0) is 38.5 Å². The van der Waals surface area contributed by atoms with Gasteiger partial charge in [0.1, 0.15) is 0 Å². The minimum Gasteiger partial charge on any atom is -0.396 e. The Kier molecular flexibility index (Phi) is 17.9. The summed E-state index contributed by atoms with van der Waals surface area (Å²) >= 11 is 6.79. The summed E-state index contributed by atoms with van der Waals surface area (Å²) in [5.41, 5.74) is 0. The van der Waals surface area contributed by atoms with Crippen LogP contribution >= 0.6 is 31.9 Å². The molecule has 0 saturated heterocycles. The number of amides is 2. The number of unbranched alkanes of at least 4 members (excludes halogenated alkanes) is 7. The zero-order chi connectivity index (χ0) is 18.0. The molecule has 2 amide bonds. The van der Waals surface area contributed by atoms with Crippen molar-refractivity contribution < 1.29 is 14.7 Å². The van der Waals surface area contributed by atoms with Gasteiger partial charge in [0.05, 0.1) is 0 Å². The Morgan fingerprint density at radius 3 is 1.58 bits per heavy atom. The van der Waals surface area contributed by atoms with Crippen molar-refractivity contribution in [3.8, 4) is 0 Å². The average molecular weight is 471 g/mol. The molecule has 0 bridgehead atoms. The third kappa shape index (κ3) is 13.4. The van der Waals surface area contributed by atoms with E-state index in [-0.39, 0.29) is 18.4 Å². The van der Waals surface area contributed by atoms with Crippen LogP contribution in [0.3, 0.4) is 0 Å². The molecule has 0 unspecified atom stereocenters. The van der Waals surface area contributed by atoms with Crippen LogP contribution in [0.25, 0.3) is 0 Å². The van der Waals surface area contributed by atoms with Crippen LogP contribution in [0.5, 0.6) is 0 Å². The van der Waals surface area contributed by atoms with E-state index in [0.717, 1.165) is 74.9 Å². The van der Waals surface area contributed by atoms with Crippen molar-refractivity contribution in [3.05, 3.63) is 0 Å². The largest absolute Gasteiger partial charge is 0.396 e. The maximum Gasteiger partial charge on any atom is 0.229 e. The molecule has 1 N–H and O–H groups in total. The van der Waals surface area contributed by atoms with Crippen LogP contribution in [0, 0.1) is 0 Å². The van der Waals surface area contributed by atoms with Crippen LogP contribution in [0.2, 0.25) is 0 Å². The number of rotatable bonds is 16. The number of aliphatic hydroxyl groups excluding tert-OH is 1. The van der Waals surface area contributed by atoms with Gasteiger partial charge in [0.25, 0.3) is 0 Å². The van der Waals surface area contributed by atoms with Crippen LogP contribution < -0.4 is 0 Å². The Balaban J connectivity index is 4.29. The fourth-order valence-electron chi connectivity index (χ4n) is 2.49. The maximum atomic E-state index is 12.4. The normalized spacial score (nSPS) is 10.8. The Bertz CT molecular complexity index is 303. The molecule has 0 saturated carbocycles. The molecule has 0 fully saturated rings. The summed E-state index contributed by atoms with van der Waals surface area (Å²) in [6.45, 7) is 0.739. The van der Waals surface area contributed by atoms with Crippen molar-refractivity contribution in [2.75, 3.05) is 23.8 Å². The van der Waals surface area contributed by atoms with Crippen LogP contribution in [0.15, 0.2) is 0 Å². The number of hydrogen-bond acceptors (Lipinski definition) is 3. The molecule has 0 aliphatic heterocycles. The maximum absolute atomic E-state index is 12.4. The van der Waals surface area contributed by atoms with Crippen LogP contribution in [0.4, 0.5) is 0 Å². The van der Waals surface area contributed by atoms with E-state index in [1.807, 2.05) is 0 Å². The van der Waals surface area contributed by atoms with Crippen molar-refractivity contribution >= 4 is 43.7 Å². The van der Waals surface area contributed by atoms with Crippen molar-refractivity contribution in [1.82, 2.24) is 4.90 Å². The summed E-state index contributed by atoms with van der Waals surface area (Å²) in [6, 6.07) is 0. The number of aliphatic hydroxyl groups is 1. The van der Waals surface area contributed by atoms with Gasteiger partial charge in [-0.3, -0.25) is 14.5 Å². The minimum atomic E-state index is -0.0165. The lowest BCUT2D eigenvalue weighted by Crippen LogP contribution is -2.37. The van der Waals surface area contributed by atoms with E-state index in [4.69, 9.17) is 5.11 Å². The molecule has 0 aromatic rings. The lowest BCUT2D eigenvalue weighted by Gasteiger charge is -2.21. The second-order valence-electron chi connectivity index (χ2n) is 6.08. The number of carbonyl (C=O) groups excluding carboxylic acids is 2. The number of hydrogen-bond donors (Lipinski definition) is 1. The molecule has 4 nitrogen and oxygen atoms in total. The lowest BCUT2D eigenvalue weighted by molar-refractivity contribution is -0.145. The Morgan fingerprint density at radius 1 is 0.667 bits per heavy atom. The first-order chi connectivity index (χ1) is 11.7. The Hall–Kier alpha value is 0.0600. The van der Waals surface area contributed by atoms with Gasteiger partial charge in [-0.2, -0.15) is 0 Å². The SMILES string of the molecule is O=C(CCCCCBr)N(CCCCCCO)C(=O)CCCCCBr. The van der Waals surface area contributed by atoms with E-state index in [2.05, 4.69) is 31.9 Å². The highest BCUT2D eigenvalue weighted by Crippen LogP contribution is 2.11. The molecule has 0 aliphatic rings. The fraction of sp³-hybridized carbons (Fsp3) is 0.889. The van der Waals surface area contributed by atoms with E-state index in [1.54, 1.807) is 0 Å². The molecular weight excluding hydrogens is 438 g/mol. The molecule has 0 rings (SSSR count). The number of imide groups is 1. The summed E-state index contributed by atoms with van der Waals surface area (Å²) in [7, 11) is 0. The molecule has 0 heterocycles. The topological polar surface area (TPSA) is 57.6 Å². The van der Waals surface area contributed by atoms with E-state index < -0.39 is 0 Å². The predicted octanol–water partition coefficient (Wildman–Crippen LogP) is 4.80. The van der Waals surface area contributed by atoms with Gasteiger partial charge >= 0.3 is 0 Å². The number of carbonyl (C=O) groups is 2. The number of alkyl halides is 2. The second kappa shape index (κ2) is 17.9. The quantitative estimate of drug-likeness (QED) is 0.260. The molecule has 0 aromatic carbocycles. The first-order valence-corrected chi connectivity index (χ1v) is 11.5. The zero-order valence-electron chi connectivity index (χ0n) is 14.8. The molecule has 0 aliphatic carbocycles. The van der Waals surface area contributed by atoms with Crippen LogP contribution in [-0.2, 0) is 9.59 Å². The first kappa shape index (κ1) is 24.1. The van der Waals surface area contributed by atoms with E-state index in [0.29, 0.717) is 19.4 Å². The van der Waals surface area contributed by atoms with Crippen LogP contribution in [-0.4, -0.2) is 45.6 Å². The molecule has 0 atom stereocenters. The molecule has 0 spiro atoms. The van der Waals surface area contributed by atoms with Crippen molar-refractivity contribution in [3.63, 3.8) is 0 Å². The minimum absolute atomic E-state index is 0.0165. The fourth-order valence-corrected chi connectivity index (χ4v) is 3.28. The van der Waals surface area contributed by atoms with Gasteiger partial charge in [0.2, 0.25) is 11.8 Å². The Labute approximate surface area is 164 Å². The summed E-state index contributed by atoms with van der Waals surface area (Å²) in [4.78, 5) is 26.3. The van der Waals surface area contributed by atoms with Gasteiger partial charge < -0.3 is 5.11 Å². The average Bonchev–Trinajstić information content (AvgIpc) is 2.58. The van der Waals surface area contributed by atoms with E-state index >= 15 is 0 Å². The molecule has 24 heavy (non-hydrogen) atoms. The molecule has 142 valence electrons. The third-order valence-electron chi connectivity index (χ3n) is 3.94. The highest BCUT2D eigenvalue weighted by molar-refractivity contribution is 9.09. The standard InChI is InChI=1S/C18H33Br2NO3/c19-13-7-3-5-11-17(23)21(15-9-1-2-10-16-22)18(24)12-6-4-8-14-20/h22H,1-16H2. The van der Waals surface area contributed by atoms with Gasteiger partial charge in [0.15, 0.2) is 0 Å². The summed E-state index contributed by atoms with van der Waals surface area (Å²) < 4.78 is 0. The van der Waals surface area contributed by atoms with Crippen molar-refractivity contribution in [1.29, 1.82) is 0 Å². The molecule has 0 aromatic heterocycles. The van der Waals surface area contributed by atoms with Gasteiger partial charge in [-0.1, -0.05) is 57.5 Å². The lowest BCUT2D eigenvalue weighted by atomic mass is 10.1. The summed E-state index contributed by atoms with van der Waals surface area (Å²) in [6.07, 6.45) is 10.3. The molecular formula is C18H33Br2NO3. The zero-order valence-corrected chi connectivity index (χ0v) is 18.0. The highest BCUT2D eigenvalue weighted by atomic mass is 79.9. The highest BCUT2D eigenvalue weighted by Gasteiger charge is 2.19. The van der Waals surface area contributed by atoms with Gasteiger partial charge in [0, 0.05) is 36.7 Å². The summed E-state index contributed by atoms with van der Waals surface area (Å²) in [5, 5.41) is 10.7. The number of nitrogens with zero attached hydrogens (tertiary/aromatic N) is 1. The predicted molar refractivity (Wildman–Crippen MR) is 107 cm³/mol. The first-order valence-electron chi connectivity index (χ1n) is 9.23.